The first-order valence-electron chi connectivity index (χ1n) is 15.3. The molecule has 49 heavy (non-hydrogen) atoms. The average molecular weight is 709 g/mol. The van der Waals surface area contributed by atoms with Crippen LogP contribution in [0, 0.1) is 13.8 Å². The molecule has 1 atom stereocenters. The Kier molecular flexibility index (Phi) is 10.7. The smallest absolute Gasteiger partial charge is 0.453 e. The van der Waals surface area contributed by atoms with Gasteiger partial charge in [-0.2, -0.15) is 0 Å². The van der Waals surface area contributed by atoms with Crippen molar-refractivity contribution in [3.05, 3.63) is 106 Å². The number of hydrogen-bond acceptors (Lipinski definition) is 7. The molecule has 0 aliphatic heterocycles. The van der Waals surface area contributed by atoms with Gasteiger partial charge in [0.1, 0.15) is 17.1 Å². The molecule has 0 aliphatic carbocycles. The van der Waals surface area contributed by atoms with Crippen LogP contribution in [-0.4, -0.2) is 55.8 Å². The Morgan fingerprint density at radius 1 is 1.06 bits per heavy atom. The Morgan fingerprint density at radius 3 is 2.39 bits per heavy atom. The molecule has 0 fully saturated rings. The number of thiazole rings is 1. The first-order valence-corrected chi connectivity index (χ1v) is 16.6. The molecule has 0 saturated carbocycles. The molecule has 0 radical (unpaired) electrons. The van der Waals surface area contributed by atoms with Crippen LogP contribution in [0.25, 0.3) is 22.8 Å². The lowest BCUT2D eigenvalue weighted by Crippen LogP contribution is -2.32. The Hall–Kier alpha value is -4.82. The minimum atomic E-state index is -4.77. The summed E-state index contributed by atoms with van der Waals surface area (Å²) < 4.78 is 50.1. The van der Waals surface area contributed by atoms with Crippen LogP contribution >= 0.6 is 23.6 Å². The third kappa shape index (κ3) is 8.43. The Bertz CT molecular complexity index is 2020. The van der Waals surface area contributed by atoms with Gasteiger partial charge in [0, 0.05) is 30.1 Å². The highest BCUT2D eigenvalue weighted by molar-refractivity contribution is 7.80. The summed E-state index contributed by atoms with van der Waals surface area (Å²) in [7, 11) is 2.98. The van der Waals surface area contributed by atoms with E-state index in [2.05, 4.69) is 63.7 Å². The number of ether oxygens (including phenoxy) is 2. The second-order valence-corrected chi connectivity index (χ2v) is 13.0. The Morgan fingerprint density at radius 2 is 1.76 bits per heavy atom. The van der Waals surface area contributed by atoms with E-state index in [1.807, 2.05) is 31.2 Å². The fraction of sp³-hybridized carbons (Fsp3) is 0.286. The molecule has 0 N–H and O–H groups in total. The van der Waals surface area contributed by atoms with Crippen molar-refractivity contribution in [1.29, 1.82) is 0 Å². The molecule has 5 rings (SSSR count). The highest BCUT2D eigenvalue weighted by Gasteiger charge is 2.31. The van der Waals surface area contributed by atoms with E-state index >= 15 is 0 Å². The molecule has 0 spiro atoms. The number of aromatic nitrogens is 4. The lowest BCUT2D eigenvalue weighted by Gasteiger charge is -2.27. The standard InChI is InChI=1S/C35H35F3N6O3S2/c1-21(2)28-16-7-22(3)17-30(28)44-23(4)19-49-33(44)40-31(48)18-29(42(5)34(45)46-6)24-8-10-25(11-9-24)32-39-20-43(41-32)26-12-14-27(15-13-26)47-35(36,37)38/h7-17,19-21,29H,18H2,1-6H3. The van der Waals surface area contributed by atoms with Gasteiger partial charge in [-0.15, -0.1) is 29.6 Å². The van der Waals surface area contributed by atoms with Gasteiger partial charge in [-0.3, -0.25) is 4.57 Å². The minimum absolute atomic E-state index is 0.267. The molecular weight excluding hydrogens is 674 g/mol. The highest BCUT2D eigenvalue weighted by atomic mass is 32.1. The van der Waals surface area contributed by atoms with Gasteiger partial charge in [0.25, 0.3) is 0 Å². The lowest BCUT2D eigenvalue weighted by molar-refractivity contribution is -0.274. The van der Waals surface area contributed by atoms with Crippen molar-refractivity contribution in [2.24, 2.45) is 4.99 Å². The SMILES string of the molecule is COC(=O)N(C)C(CC(=S)N=c1scc(C)n1-c1cc(C)ccc1C(C)C)c1ccc(-c2ncn(-c3ccc(OC(F)(F)F)cc3)n2)cc1. The molecule has 0 aliphatic rings. The van der Waals surface area contributed by atoms with E-state index in [1.54, 1.807) is 7.05 Å². The van der Waals surface area contributed by atoms with Crippen molar-refractivity contribution in [2.75, 3.05) is 14.2 Å². The summed E-state index contributed by atoms with van der Waals surface area (Å²) in [4.78, 5) is 24.6. The minimum Gasteiger partial charge on any atom is -0.453 e. The van der Waals surface area contributed by atoms with E-state index < -0.39 is 18.5 Å². The summed E-state index contributed by atoms with van der Waals surface area (Å²) >= 11 is 7.34. The van der Waals surface area contributed by atoms with Crippen LogP contribution in [0.5, 0.6) is 5.75 Å². The molecule has 14 heteroatoms. The van der Waals surface area contributed by atoms with Crippen LogP contribution < -0.4 is 9.54 Å². The van der Waals surface area contributed by atoms with E-state index in [1.165, 1.54) is 64.2 Å². The van der Waals surface area contributed by atoms with Crippen molar-refractivity contribution < 1.29 is 27.4 Å². The molecule has 2 aromatic heterocycles. The highest BCUT2D eigenvalue weighted by Crippen LogP contribution is 2.29. The number of methoxy groups -OCH3 is 1. The number of aryl methyl sites for hydroxylation is 2. The number of thiocarbonyl (C=S) groups is 1. The molecule has 1 amide bonds. The predicted molar refractivity (Wildman–Crippen MR) is 186 cm³/mol. The van der Waals surface area contributed by atoms with Crippen LogP contribution in [0.15, 0.2) is 83.4 Å². The van der Waals surface area contributed by atoms with Gasteiger partial charge in [-0.25, -0.2) is 19.5 Å². The summed E-state index contributed by atoms with van der Waals surface area (Å²) in [5.41, 5.74) is 6.46. The second-order valence-electron chi connectivity index (χ2n) is 11.7. The van der Waals surface area contributed by atoms with E-state index in [9.17, 15) is 18.0 Å². The van der Waals surface area contributed by atoms with E-state index in [0.717, 1.165) is 27.3 Å². The number of halogens is 3. The number of hydrogen-bond donors (Lipinski definition) is 0. The number of carbonyl (C=O) groups excluding carboxylic acids is 1. The Balaban J connectivity index is 1.40. The van der Waals surface area contributed by atoms with Gasteiger partial charge in [-0.05, 0) is 66.8 Å². The van der Waals surface area contributed by atoms with Crippen LogP contribution in [0.1, 0.15) is 54.6 Å². The third-order valence-corrected chi connectivity index (χ3v) is 9.03. The van der Waals surface area contributed by atoms with Crippen molar-refractivity contribution in [3.8, 4) is 28.5 Å². The van der Waals surface area contributed by atoms with Gasteiger partial charge in [-0.1, -0.05) is 62.5 Å². The van der Waals surface area contributed by atoms with Gasteiger partial charge >= 0.3 is 12.5 Å². The fourth-order valence-corrected chi connectivity index (χ4v) is 6.54. The van der Waals surface area contributed by atoms with Crippen LogP contribution in [0.3, 0.4) is 0 Å². The second kappa shape index (κ2) is 14.7. The number of amides is 1. The van der Waals surface area contributed by atoms with Gasteiger partial charge in [0.05, 0.1) is 24.5 Å². The topological polar surface area (TPSA) is 86.8 Å². The maximum atomic E-state index is 12.7. The molecule has 0 saturated heterocycles. The molecular formula is C35H35F3N6O3S2. The number of benzene rings is 3. The van der Waals surface area contributed by atoms with Gasteiger partial charge in [0.2, 0.25) is 0 Å². The van der Waals surface area contributed by atoms with Crippen LogP contribution in [0.4, 0.5) is 18.0 Å². The molecule has 3 aromatic carbocycles. The monoisotopic (exact) mass is 708 g/mol. The maximum absolute atomic E-state index is 12.7. The van der Waals surface area contributed by atoms with Crippen molar-refractivity contribution in [2.45, 2.75) is 52.4 Å². The summed E-state index contributed by atoms with van der Waals surface area (Å²) in [6.07, 6.45) is -3.56. The van der Waals surface area contributed by atoms with Gasteiger partial charge < -0.3 is 14.4 Å². The first kappa shape index (κ1) is 35.5. The molecule has 2 heterocycles. The number of carbonyl (C=O) groups is 1. The zero-order valence-corrected chi connectivity index (χ0v) is 29.4. The largest absolute Gasteiger partial charge is 0.573 e. The summed E-state index contributed by atoms with van der Waals surface area (Å²) in [6, 6.07) is 18.6. The zero-order chi connectivity index (χ0) is 35.5. The number of nitrogens with zero attached hydrogens (tertiary/aromatic N) is 6. The molecule has 9 nitrogen and oxygen atoms in total. The molecule has 0 bridgehead atoms. The maximum Gasteiger partial charge on any atom is 0.573 e. The molecule has 256 valence electrons. The van der Waals surface area contributed by atoms with Crippen molar-refractivity contribution in [3.63, 3.8) is 0 Å². The average Bonchev–Trinajstić information content (AvgIpc) is 3.69. The predicted octanol–water partition coefficient (Wildman–Crippen LogP) is 8.48. The quantitative estimate of drug-likeness (QED) is 0.143. The van der Waals surface area contributed by atoms with E-state index in [-0.39, 0.29) is 12.2 Å². The van der Waals surface area contributed by atoms with Gasteiger partial charge in [0.15, 0.2) is 10.6 Å². The number of alkyl halides is 3. The summed E-state index contributed by atoms with van der Waals surface area (Å²) in [6.45, 7) is 8.44. The first-order chi connectivity index (χ1) is 23.2. The third-order valence-electron chi connectivity index (χ3n) is 7.83. The molecule has 5 aromatic rings. The van der Waals surface area contributed by atoms with E-state index in [0.29, 0.717) is 28.0 Å². The number of rotatable bonds is 9. The van der Waals surface area contributed by atoms with Crippen molar-refractivity contribution in [1.82, 2.24) is 24.2 Å². The normalized spacial score (nSPS) is 12.7. The summed E-state index contributed by atoms with van der Waals surface area (Å²) in [5, 5.41) is 6.53. The fourth-order valence-electron chi connectivity index (χ4n) is 5.34. The van der Waals surface area contributed by atoms with Crippen LogP contribution in [0.2, 0.25) is 0 Å². The van der Waals surface area contributed by atoms with Crippen molar-refractivity contribution >= 4 is 34.6 Å². The van der Waals surface area contributed by atoms with Crippen LogP contribution in [-0.2, 0) is 4.74 Å². The Labute approximate surface area is 291 Å². The lowest BCUT2D eigenvalue weighted by atomic mass is 9.99. The molecule has 1 unspecified atom stereocenters. The summed E-state index contributed by atoms with van der Waals surface area (Å²) in [5.74, 6) is 0.378. The zero-order valence-electron chi connectivity index (χ0n) is 27.7. The van der Waals surface area contributed by atoms with E-state index in [4.69, 9.17) is 21.9 Å².